The Balaban J connectivity index is 0.000000678. The summed E-state index contributed by atoms with van der Waals surface area (Å²) in [5, 5.41) is 19.5. The first-order valence-electron chi connectivity index (χ1n) is 10.8. The Bertz CT molecular complexity index is 1210. The number of benzene rings is 2. The molecule has 0 aliphatic heterocycles. The van der Waals surface area contributed by atoms with Crippen LogP contribution in [-0.2, 0) is 20.9 Å². The van der Waals surface area contributed by atoms with E-state index in [4.69, 9.17) is 47.4 Å². The maximum atomic E-state index is 12.3. The predicted molar refractivity (Wildman–Crippen MR) is 140 cm³/mol. The molecule has 194 valence electrons. The molecule has 2 aromatic carbocycles. The second-order valence-electron chi connectivity index (χ2n) is 8.09. The Hall–Kier alpha value is -2.79. The van der Waals surface area contributed by atoms with Gasteiger partial charge in [-0.05, 0) is 62.7 Å². The zero-order chi connectivity index (χ0) is 26.8. The third kappa shape index (κ3) is 10.1. The summed E-state index contributed by atoms with van der Waals surface area (Å²) in [7, 11) is 2.04. The molecule has 9 nitrogen and oxygen atoms in total. The summed E-state index contributed by atoms with van der Waals surface area (Å²) < 4.78 is 5.70. The van der Waals surface area contributed by atoms with Gasteiger partial charge in [0.2, 0.25) is 5.91 Å². The lowest BCUT2D eigenvalue weighted by Crippen LogP contribution is -2.36. The third-order valence-corrected chi connectivity index (χ3v) is 6.39. The highest BCUT2D eigenvalue weighted by molar-refractivity contribution is 7.99. The summed E-state index contributed by atoms with van der Waals surface area (Å²) in [6.45, 7) is 5.63. The van der Waals surface area contributed by atoms with Gasteiger partial charge in [0, 0.05) is 19.1 Å². The molecule has 0 spiro atoms. The number of carbonyl (C=O) groups excluding carboxylic acids is 1. The molecular weight excluding hydrogens is 529 g/mol. The number of nitrogens with zero attached hydrogens (tertiary/aromatic N) is 2. The number of nitrogens with one attached hydrogen (secondary N) is 1. The van der Waals surface area contributed by atoms with Crippen molar-refractivity contribution in [3.8, 4) is 0 Å². The summed E-state index contributed by atoms with van der Waals surface area (Å²) >= 11 is 13.3. The SMILES string of the molecule is Cc1ccc2nc(SCC(=O)NC(C)CCN(C)Cc3ccc(Cl)c(Cl)c3)oc2c1.O=C(O)C(=O)O. The normalized spacial score (nSPS) is 11.6. The van der Waals surface area contributed by atoms with Crippen LogP contribution in [0.5, 0.6) is 0 Å². The third-order valence-electron chi connectivity index (χ3n) is 4.82. The minimum Gasteiger partial charge on any atom is -0.473 e. The second-order valence-corrected chi connectivity index (χ2v) is 9.83. The van der Waals surface area contributed by atoms with E-state index < -0.39 is 11.9 Å². The number of carbonyl (C=O) groups is 3. The average molecular weight is 556 g/mol. The molecule has 0 aliphatic rings. The summed E-state index contributed by atoms with van der Waals surface area (Å²) in [4.78, 5) is 37.1. The van der Waals surface area contributed by atoms with Crippen molar-refractivity contribution in [2.24, 2.45) is 0 Å². The smallest absolute Gasteiger partial charge is 0.414 e. The molecule has 0 bridgehead atoms. The van der Waals surface area contributed by atoms with Gasteiger partial charge < -0.3 is 24.8 Å². The summed E-state index contributed by atoms with van der Waals surface area (Å²) in [5.41, 5.74) is 3.78. The van der Waals surface area contributed by atoms with Gasteiger partial charge in [-0.2, -0.15) is 0 Å². The highest BCUT2D eigenvalue weighted by Crippen LogP contribution is 2.24. The molecule has 1 atom stereocenters. The van der Waals surface area contributed by atoms with Crippen molar-refractivity contribution in [3.63, 3.8) is 0 Å². The van der Waals surface area contributed by atoms with Gasteiger partial charge in [0.25, 0.3) is 5.22 Å². The molecule has 0 radical (unpaired) electrons. The minimum absolute atomic E-state index is 0.0296. The van der Waals surface area contributed by atoms with Gasteiger partial charge in [-0.15, -0.1) is 0 Å². The number of fused-ring (bicyclic) bond motifs is 1. The molecule has 0 saturated carbocycles. The first-order chi connectivity index (χ1) is 16.9. The van der Waals surface area contributed by atoms with E-state index in [1.54, 1.807) is 0 Å². The quantitative estimate of drug-likeness (QED) is 0.253. The van der Waals surface area contributed by atoms with Crippen molar-refractivity contribution in [1.82, 2.24) is 15.2 Å². The molecule has 1 heterocycles. The number of hydrogen-bond acceptors (Lipinski definition) is 7. The van der Waals surface area contributed by atoms with Crippen LogP contribution in [0.4, 0.5) is 0 Å². The van der Waals surface area contributed by atoms with E-state index >= 15 is 0 Å². The van der Waals surface area contributed by atoms with Crippen molar-refractivity contribution >= 4 is 63.9 Å². The van der Waals surface area contributed by atoms with Gasteiger partial charge >= 0.3 is 11.9 Å². The fourth-order valence-electron chi connectivity index (χ4n) is 3.03. The Labute approximate surface area is 222 Å². The standard InChI is InChI=1S/C22H25Cl2N3O2S.C2H2O4/c1-14-4-7-19-20(10-14)29-22(26-19)30-13-21(28)25-15(2)8-9-27(3)12-16-5-6-17(23)18(24)11-16;3-1(4)2(5)6/h4-7,10-11,15H,8-9,12-13H2,1-3H3,(H,25,28);(H,3,4)(H,5,6). The zero-order valence-corrected chi connectivity index (χ0v) is 22.3. The number of oxazole rings is 1. The van der Waals surface area contributed by atoms with Gasteiger partial charge in [0.05, 0.1) is 15.8 Å². The molecule has 0 fully saturated rings. The van der Waals surface area contributed by atoms with Crippen LogP contribution in [0.25, 0.3) is 11.1 Å². The van der Waals surface area contributed by atoms with Gasteiger partial charge in [0.15, 0.2) is 5.58 Å². The van der Waals surface area contributed by atoms with E-state index in [1.165, 1.54) is 11.8 Å². The molecule has 1 unspecified atom stereocenters. The number of aliphatic carboxylic acids is 2. The van der Waals surface area contributed by atoms with Crippen LogP contribution in [0.2, 0.25) is 10.0 Å². The van der Waals surface area contributed by atoms with E-state index in [0.717, 1.165) is 41.7 Å². The monoisotopic (exact) mass is 555 g/mol. The number of thioether (sulfide) groups is 1. The molecule has 3 N–H and O–H groups in total. The van der Waals surface area contributed by atoms with E-state index in [-0.39, 0.29) is 17.7 Å². The number of carboxylic acids is 2. The lowest BCUT2D eigenvalue weighted by atomic mass is 10.2. The maximum absolute atomic E-state index is 12.3. The largest absolute Gasteiger partial charge is 0.473 e. The Morgan fingerprint density at radius 3 is 2.44 bits per heavy atom. The number of hydrogen-bond donors (Lipinski definition) is 3. The van der Waals surface area contributed by atoms with Crippen LogP contribution in [-0.4, -0.2) is 63.3 Å². The Morgan fingerprint density at radius 2 is 1.81 bits per heavy atom. The number of aryl methyl sites for hydroxylation is 1. The Morgan fingerprint density at radius 1 is 1.11 bits per heavy atom. The number of rotatable bonds is 9. The highest BCUT2D eigenvalue weighted by Gasteiger charge is 2.13. The van der Waals surface area contributed by atoms with E-state index in [2.05, 4.69) is 15.2 Å². The van der Waals surface area contributed by atoms with Crippen molar-refractivity contribution in [1.29, 1.82) is 0 Å². The molecule has 0 saturated heterocycles. The fourth-order valence-corrected chi connectivity index (χ4v) is 4.00. The van der Waals surface area contributed by atoms with Crippen LogP contribution < -0.4 is 5.32 Å². The molecule has 1 amide bonds. The highest BCUT2D eigenvalue weighted by atomic mass is 35.5. The molecule has 3 rings (SSSR count). The van der Waals surface area contributed by atoms with Crippen molar-refractivity contribution < 1.29 is 29.0 Å². The molecular formula is C24H27Cl2N3O6S. The number of aromatic nitrogens is 1. The van der Waals surface area contributed by atoms with Crippen LogP contribution in [0.3, 0.4) is 0 Å². The van der Waals surface area contributed by atoms with Gasteiger partial charge in [-0.25, -0.2) is 14.6 Å². The fraction of sp³-hybridized carbons (Fsp3) is 0.333. The first-order valence-corrected chi connectivity index (χ1v) is 12.6. The van der Waals surface area contributed by atoms with Crippen LogP contribution in [0.1, 0.15) is 24.5 Å². The molecule has 0 aliphatic carbocycles. The van der Waals surface area contributed by atoms with Crippen LogP contribution in [0, 0.1) is 6.92 Å². The minimum atomic E-state index is -1.82. The van der Waals surface area contributed by atoms with Gasteiger partial charge in [0.1, 0.15) is 5.52 Å². The average Bonchev–Trinajstić information content (AvgIpc) is 3.21. The first kappa shape index (κ1) is 29.4. The lowest BCUT2D eigenvalue weighted by molar-refractivity contribution is -0.159. The molecule has 1 aromatic heterocycles. The number of halogens is 2. The summed E-state index contributed by atoms with van der Waals surface area (Å²) in [6.07, 6.45) is 0.844. The van der Waals surface area contributed by atoms with Gasteiger partial charge in [-0.1, -0.05) is 47.1 Å². The van der Waals surface area contributed by atoms with Crippen LogP contribution >= 0.6 is 35.0 Å². The number of carboxylic acid groups (broad SMARTS) is 2. The summed E-state index contributed by atoms with van der Waals surface area (Å²) in [6, 6.07) is 11.6. The topological polar surface area (TPSA) is 133 Å². The predicted octanol–water partition coefficient (Wildman–Crippen LogP) is 4.72. The van der Waals surface area contributed by atoms with Crippen molar-refractivity contribution in [3.05, 3.63) is 57.6 Å². The number of amides is 1. The molecule has 12 heteroatoms. The van der Waals surface area contributed by atoms with Gasteiger partial charge in [-0.3, -0.25) is 4.79 Å². The zero-order valence-electron chi connectivity index (χ0n) is 20.0. The van der Waals surface area contributed by atoms with E-state index in [9.17, 15) is 4.79 Å². The lowest BCUT2D eigenvalue weighted by Gasteiger charge is -2.20. The molecule has 36 heavy (non-hydrogen) atoms. The second kappa shape index (κ2) is 14.1. The van der Waals surface area contributed by atoms with E-state index in [0.29, 0.717) is 15.3 Å². The van der Waals surface area contributed by atoms with Crippen molar-refractivity contribution in [2.45, 2.75) is 38.1 Å². The Kier molecular flexibility index (Phi) is 11.5. The summed E-state index contributed by atoms with van der Waals surface area (Å²) in [5.74, 6) is -3.40. The van der Waals surface area contributed by atoms with E-state index in [1.807, 2.05) is 57.3 Å². The maximum Gasteiger partial charge on any atom is 0.414 e. The van der Waals surface area contributed by atoms with Crippen LogP contribution in [0.15, 0.2) is 46.0 Å². The van der Waals surface area contributed by atoms with Crippen molar-refractivity contribution in [2.75, 3.05) is 19.3 Å². The molecule has 3 aromatic rings.